The molecule has 0 aliphatic rings. The van der Waals surface area contributed by atoms with Crippen molar-refractivity contribution in [2.45, 2.75) is 26.3 Å². The van der Waals surface area contributed by atoms with Crippen molar-refractivity contribution in [3.8, 4) is 0 Å². The van der Waals surface area contributed by atoms with E-state index in [0.29, 0.717) is 10.6 Å². The molecule has 0 aliphatic heterocycles. The van der Waals surface area contributed by atoms with Gasteiger partial charge in [0.05, 0.1) is 0 Å². The maximum atomic E-state index is 11.7. The lowest BCUT2D eigenvalue weighted by Gasteiger charge is -2.37. The van der Waals surface area contributed by atoms with Gasteiger partial charge in [0.1, 0.15) is 0 Å². The molecule has 0 fully saturated rings. The third-order valence-electron chi connectivity index (χ3n) is 3.11. The van der Waals surface area contributed by atoms with Gasteiger partial charge in [-0.3, -0.25) is 4.79 Å². The molecular weight excluding hydrogens is 289 g/mol. The largest absolute Gasteiger partial charge is 0.479 e. The fourth-order valence-corrected chi connectivity index (χ4v) is 2.71. The topological polar surface area (TPSA) is 57.6 Å². The summed E-state index contributed by atoms with van der Waals surface area (Å²) in [6, 6.07) is 4.55. The van der Waals surface area contributed by atoms with E-state index in [1.165, 1.54) is 30.9 Å². The van der Waals surface area contributed by atoms with Crippen molar-refractivity contribution >= 4 is 35.1 Å². The molecule has 1 unspecified atom stereocenters. The van der Waals surface area contributed by atoms with Crippen LogP contribution in [0.5, 0.6) is 0 Å². The van der Waals surface area contributed by atoms with Crippen molar-refractivity contribution in [1.82, 2.24) is 4.90 Å². The minimum atomic E-state index is -1.53. The molecule has 104 valence electrons. The lowest BCUT2D eigenvalue weighted by Crippen LogP contribution is -2.52. The average Bonchev–Trinajstić information content (AvgIpc) is 2.28. The zero-order valence-electron chi connectivity index (χ0n) is 10.9. The molecule has 0 radical (unpaired) electrons. The summed E-state index contributed by atoms with van der Waals surface area (Å²) in [6.07, 6.45) is 0. The smallest absolute Gasteiger partial charge is 0.334 e. The lowest BCUT2D eigenvalue weighted by molar-refractivity contribution is -0.158. The van der Waals surface area contributed by atoms with E-state index in [0.717, 1.165) is 0 Å². The fourth-order valence-electron chi connectivity index (χ4n) is 2.11. The minimum Gasteiger partial charge on any atom is -0.479 e. The summed E-state index contributed by atoms with van der Waals surface area (Å²) in [4.78, 5) is 24.6. The van der Waals surface area contributed by atoms with Gasteiger partial charge in [0.2, 0.25) is 5.91 Å². The molecule has 0 saturated heterocycles. The Balaban J connectivity index is 3.49. The number of carbonyl (C=O) groups excluding carboxylic acids is 1. The summed E-state index contributed by atoms with van der Waals surface area (Å²) >= 11 is 11.9. The molecule has 0 saturated carbocycles. The van der Waals surface area contributed by atoms with E-state index >= 15 is 0 Å². The molecule has 1 aromatic rings. The summed E-state index contributed by atoms with van der Waals surface area (Å²) in [6.45, 7) is 4.76. The Kier molecular flexibility index (Phi) is 4.82. The Morgan fingerprint density at radius 2 is 1.95 bits per heavy atom. The van der Waals surface area contributed by atoms with E-state index in [1.54, 1.807) is 13.0 Å². The highest BCUT2D eigenvalue weighted by Crippen LogP contribution is 2.35. The van der Waals surface area contributed by atoms with E-state index in [1.807, 2.05) is 0 Å². The molecule has 6 heteroatoms. The number of benzene rings is 1. The van der Waals surface area contributed by atoms with Crippen molar-refractivity contribution < 1.29 is 14.7 Å². The number of halogens is 2. The maximum Gasteiger partial charge on any atom is 0.334 e. The van der Waals surface area contributed by atoms with E-state index < -0.39 is 11.5 Å². The Morgan fingerprint density at radius 3 is 2.32 bits per heavy atom. The molecule has 4 nitrogen and oxygen atoms in total. The highest BCUT2D eigenvalue weighted by Gasteiger charge is 2.43. The van der Waals surface area contributed by atoms with Crippen molar-refractivity contribution in [2.75, 3.05) is 6.54 Å². The molecule has 0 aliphatic carbocycles. The maximum absolute atomic E-state index is 11.7. The van der Waals surface area contributed by atoms with Crippen molar-refractivity contribution in [2.24, 2.45) is 0 Å². The molecule has 0 spiro atoms. The predicted molar refractivity (Wildman–Crippen MR) is 74.5 cm³/mol. The monoisotopic (exact) mass is 303 g/mol. The van der Waals surface area contributed by atoms with E-state index in [2.05, 4.69) is 0 Å². The summed E-state index contributed by atoms with van der Waals surface area (Å²) in [5.41, 5.74) is -1.19. The Labute approximate surface area is 121 Å². The van der Waals surface area contributed by atoms with E-state index in [9.17, 15) is 14.7 Å². The van der Waals surface area contributed by atoms with Crippen molar-refractivity contribution in [3.05, 3.63) is 33.8 Å². The minimum absolute atomic E-state index is 0.220. The van der Waals surface area contributed by atoms with Crippen LogP contribution in [0.2, 0.25) is 10.0 Å². The predicted octanol–water partition coefficient (Wildman–Crippen LogP) is 3.16. The molecule has 1 aromatic carbocycles. The number of amides is 1. The van der Waals surface area contributed by atoms with Gasteiger partial charge < -0.3 is 10.0 Å². The summed E-state index contributed by atoms with van der Waals surface area (Å²) in [7, 11) is 0. The van der Waals surface area contributed by atoms with Gasteiger partial charge in [-0.2, -0.15) is 0 Å². The van der Waals surface area contributed by atoms with Crippen LogP contribution in [-0.4, -0.2) is 28.4 Å². The zero-order chi connectivity index (χ0) is 14.8. The first-order valence-electron chi connectivity index (χ1n) is 5.72. The van der Waals surface area contributed by atoms with Crippen LogP contribution in [0.15, 0.2) is 18.2 Å². The van der Waals surface area contributed by atoms with Crippen LogP contribution >= 0.6 is 23.2 Å². The highest BCUT2D eigenvalue weighted by molar-refractivity contribution is 6.35. The number of carboxylic acids is 1. The number of hydrogen-bond acceptors (Lipinski definition) is 2. The molecule has 0 aromatic heterocycles. The Bertz CT molecular complexity index is 519. The number of rotatable bonds is 4. The summed E-state index contributed by atoms with van der Waals surface area (Å²) in [5.74, 6) is -1.48. The molecule has 0 bridgehead atoms. The molecule has 0 heterocycles. The van der Waals surface area contributed by atoms with Gasteiger partial charge in [-0.1, -0.05) is 29.3 Å². The van der Waals surface area contributed by atoms with Crippen LogP contribution in [0.25, 0.3) is 0 Å². The van der Waals surface area contributed by atoms with Gasteiger partial charge in [-0.25, -0.2) is 4.79 Å². The van der Waals surface area contributed by atoms with Gasteiger partial charge in [0, 0.05) is 29.1 Å². The van der Waals surface area contributed by atoms with E-state index in [4.69, 9.17) is 23.2 Å². The normalized spacial score (nSPS) is 13.7. The third kappa shape index (κ3) is 2.85. The van der Waals surface area contributed by atoms with Gasteiger partial charge >= 0.3 is 5.97 Å². The van der Waals surface area contributed by atoms with Gasteiger partial charge in [-0.05, 0) is 26.0 Å². The molecule has 1 amide bonds. The summed E-state index contributed by atoms with van der Waals surface area (Å²) in [5, 5.41) is 10.2. The van der Waals surface area contributed by atoms with Gasteiger partial charge in [0.15, 0.2) is 5.54 Å². The SMILES string of the molecule is CCN(C(C)=O)C(C)(C(=O)O)c1ccc(Cl)cc1Cl. The molecule has 1 rings (SSSR count). The van der Waals surface area contributed by atoms with Crippen molar-refractivity contribution in [1.29, 1.82) is 0 Å². The Morgan fingerprint density at radius 1 is 1.37 bits per heavy atom. The molecule has 19 heavy (non-hydrogen) atoms. The first-order valence-corrected chi connectivity index (χ1v) is 6.47. The Hall–Kier alpha value is -1.26. The average molecular weight is 304 g/mol. The zero-order valence-corrected chi connectivity index (χ0v) is 12.4. The number of carbonyl (C=O) groups is 2. The number of hydrogen-bond donors (Lipinski definition) is 1. The second-order valence-electron chi connectivity index (χ2n) is 4.26. The van der Waals surface area contributed by atoms with Crippen LogP contribution in [0.3, 0.4) is 0 Å². The first kappa shape index (κ1) is 15.8. The second kappa shape index (κ2) is 5.80. The van der Waals surface area contributed by atoms with E-state index in [-0.39, 0.29) is 17.5 Å². The molecule has 1 N–H and O–H groups in total. The number of likely N-dealkylation sites (N-methyl/N-ethyl adjacent to an activating group) is 1. The second-order valence-corrected chi connectivity index (χ2v) is 5.11. The van der Waals surface area contributed by atoms with Crippen LogP contribution in [0, 0.1) is 0 Å². The van der Waals surface area contributed by atoms with Crippen LogP contribution in [-0.2, 0) is 15.1 Å². The van der Waals surface area contributed by atoms with Crippen LogP contribution in [0.1, 0.15) is 26.3 Å². The number of carboxylic acid groups (broad SMARTS) is 1. The van der Waals surface area contributed by atoms with Gasteiger partial charge in [-0.15, -0.1) is 0 Å². The fraction of sp³-hybridized carbons (Fsp3) is 0.385. The van der Waals surface area contributed by atoms with Crippen LogP contribution in [0.4, 0.5) is 0 Å². The van der Waals surface area contributed by atoms with Crippen LogP contribution < -0.4 is 0 Å². The standard InChI is InChI=1S/C13H15Cl2NO3/c1-4-16(8(2)17)13(3,12(18)19)10-6-5-9(14)7-11(10)15/h5-7H,4H2,1-3H3,(H,18,19). The summed E-state index contributed by atoms with van der Waals surface area (Å²) < 4.78 is 0. The number of nitrogens with zero attached hydrogens (tertiary/aromatic N) is 1. The molecule has 1 atom stereocenters. The first-order chi connectivity index (χ1) is 8.75. The highest BCUT2D eigenvalue weighted by atomic mass is 35.5. The third-order valence-corrected chi connectivity index (χ3v) is 3.66. The number of aliphatic carboxylic acids is 1. The van der Waals surface area contributed by atoms with Crippen molar-refractivity contribution in [3.63, 3.8) is 0 Å². The van der Waals surface area contributed by atoms with Gasteiger partial charge in [0.25, 0.3) is 0 Å². The molecular formula is C13H15Cl2NO3. The quantitative estimate of drug-likeness (QED) is 0.929. The lowest BCUT2D eigenvalue weighted by atomic mass is 9.89.